The number of hydrogen-bond acceptors (Lipinski definition) is 2. The lowest BCUT2D eigenvalue weighted by molar-refractivity contribution is -0.144. The Morgan fingerprint density at radius 3 is 2.79 bits per heavy atom. The first-order valence-electron chi connectivity index (χ1n) is 5.69. The van der Waals surface area contributed by atoms with Crippen LogP contribution in [0.1, 0.15) is 39.0 Å². The van der Waals surface area contributed by atoms with Gasteiger partial charge in [0.2, 0.25) is 0 Å². The first kappa shape index (κ1) is 11.5. The lowest BCUT2D eigenvalue weighted by Crippen LogP contribution is -2.34. The zero-order valence-corrected chi connectivity index (χ0v) is 8.96. The molecule has 0 heterocycles. The molecule has 1 rings (SSSR count). The Morgan fingerprint density at radius 2 is 2.14 bits per heavy atom. The van der Waals surface area contributed by atoms with Crippen LogP contribution in [0.5, 0.6) is 0 Å². The molecular formula is C11H21NO2. The van der Waals surface area contributed by atoms with E-state index in [-0.39, 0.29) is 5.92 Å². The number of aliphatic carboxylic acids is 1. The summed E-state index contributed by atoms with van der Waals surface area (Å²) in [5.41, 5.74) is 0. The molecule has 14 heavy (non-hydrogen) atoms. The van der Waals surface area contributed by atoms with E-state index in [9.17, 15) is 4.79 Å². The summed E-state index contributed by atoms with van der Waals surface area (Å²) in [6.45, 7) is 4.01. The number of hydrogen-bond donors (Lipinski definition) is 2. The Hall–Kier alpha value is -0.570. The largest absolute Gasteiger partial charge is 0.481 e. The van der Waals surface area contributed by atoms with E-state index in [1.807, 2.05) is 0 Å². The second-order valence-corrected chi connectivity index (χ2v) is 4.19. The minimum absolute atomic E-state index is 0.104. The highest BCUT2D eigenvalue weighted by atomic mass is 16.4. The van der Waals surface area contributed by atoms with Crippen molar-refractivity contribution in [1.82, 2.24) is 5.32 Å². The van der Waals surface area contributed by atoms with Gasteiger partial charge in [0.15, 0.2) is 0 Å². The topological polar surface area (TPSA) is 49.3 Å². The molecule has 3 nitrogen and oxygen atoms in total. The maximum absolute atomic E-state index is 11.0. The van der Waals surface area contributed by atoms with Crippen LogP contribution in [0.15, 0.2) is 0 Å². The van der Waals surface area contributed by atoms with Crippen LogP contribution >= 0.6 is 0 Å². The average Bonchev–Trinajstić information content (AvgIpc) is 2.19. The zero-order chi connectivity index (χ0) is 10.4. The van der Waals surface area contributed by atoms with Crippen LogP contribution in [0, 0.1) is 11.8 Å². The second kappa shape index (κ2) is 6.02. The van der Waals surface area contributed by atoms with E-state index in [0.29, 0.717) is 5.92 Å². The van der Waals surface area contributed by atoms with Crippen LogP contribution in [-0.4, -0.2) is 24.2 Å². The second-order valence-electron chi connectivity index (χ2n) is 4.19. The van der Waals surface area contributed by atoms with Crippen molar-refractivity contribution in [1.29, 1.82) is 0 Å². The number of nitrogens with one attached hydrogen (secondary N) is 1. The van der Waals surface area contributed by atoms with E-state index in [1.165, 1.54) is 6.42 Å². The Kier molecular flexibility index (Phi) is 4.94. The third-order valence-corrected chi connectivity index (χ3v) is 3.06. The molecule has 0 spiro atoms. The van der Waals surface area contributed by atoms with E-state index in [1.54, 1.807) is 0 Å². The van der Waals surface area contributed by atoms with Crippen molar-refractivity contribution in [2.45, 2.75) is 39.0 Å². The van der Waals surface area contributed by atoms with Crippen LogP contribution in [0.3, 0.4) is 0 Å². The Bertz CT molecular complexity index is 182. The third kappa shape index (κ3) is 3.29. The summed E-state index contributed by atoms with van der Waals surface area (Å²) in [5, 5.41) is 12.4. The van der Waals surface area contributed by atoms with Gasteiger partial charge in [0, 0.05) is 0 Å². The van der Waals surface area contributed by atoms with Crippen molar-refractivity contribution >= 4 is 5.97 Å². The molecule has 0 aromatic rings. The lowest BCUT2D eigenvalue weighted by atomic mass is 9.79. The van der Waals surface area contributed by atoms with Gasteiger partial charge in [-0.05, 0) is 38.3 Å². The Labute approximate surface area is 85.9 Å². The van der Waals surface area contributed by atoms with Gasteiger partial charge in [-0.15, -0.1) is 0 Å². The molecule has 0 bridgehead atoms. The maximum atomic E-state index is 11.0. The normalized spacial score (nSPS) is 27.5. The number of carboxylic acid groups (broad SMARTS) is 1. The molecule has 0 aromatic heterocycles. The summed E-state index contributed by atoms with van der Waals surface area (Å²) in [6, 6.07) is 0. The quantitative estimate of drug-likeness (QED) is 0.665. The first-order valence-corrected chi connectivity index (χ1v) is 5.69. The van der Waals surface area contributed by atoms with Gasteiger partial charge >= 0.3 is 5.97 Å². The molecule has 2 atom stereocenters. The predicted octanol–water partition coefficient (Wildman–Crippen LogP) is 1.88. The maximum Gasteiger partial charge on any atom is 0.306 e. The molecule has 3 heteroatoms. The number of carboxylic acids is 1. The lowest BCUT2D eigenvalue weighted by Gasteiger charge is -2.28. The molecule has 1 fully saturated rings. The zero-order valence-electron chi connectivity index (χ0n) is 8.96. The van der Waals surface area contributed by atoms with Crippen LogP contribution in [0.4, 0.5) is 0 Å². The molecule has 0 aromatic carbocycles. The van der Waals surface area contributed by atoms with Crippen molar-refractivity contribution in [2.75, 3.05) is 13.1 Å². The molecule has 1 saturated carbocycles. The van der Waals surface area contributed by atoms with E-state index >= 15 is 0 Å². The van der Waals surface area contributed by atoms with Gasteiger partial charge in [-0.1, -0.05) is 19.8 Å². The van der Waals surface area contributed by atoms with Gasteiger partial charge in [-0.2, -0.15) is 0 Å². The summed E-state index contributed by atoms with van der Waals surface area (Å²) in [7, 11) is 0. The van der Waals surface area contributed by atoms with Crippen molar-refractivity contribution < 1.29 is 9.90 Å². The minimum Gasteiger partial charge on any atom is -0.481 e. The highest BCUT2D eigenvalue weighted by molar-refractivity contribution is 5.70. The van der Waals surface area contributed by atoms with Crippen LogP contribution in [0.2, 0.25) is 0 Å². The summed E-state index contributed by atoms with van der Waals surface area (Å²) in [4.78, 5) is 11.0. The fourth-order valence-corrected chi connectivity index (χ4v) is 2.24. The van der Waals surface area contributed by atoms with Crippen molar-refractivity contribution in [3.05, 3.63) is 0 Å². The Morgan fingerprint density at radius 1 is 1.43 bits per heavy atom. The third-order valence-electron chi connectivity index (χ3n) is 3.06. The predicted molar refractivity (Wildman–Crippen MR) is 56.2 cm³/mol. The van der Waals surface area contributed by atoms with Gasteiger partial charge in [-0.25, -0.2) is 0 Å². The van der Waals surface area contributed by atoms with Gasteiger partial charge in [0.05, 0.1) is 5.92 Å². The molecule has 82 valence electrons. The van der Waals surface area contributed by atoms with Gasteiger partial charge < -0.3 is 10.4 Å². The van der Waals surface area contributed by atoms with Gasteiger partial charge in [0.1, 0.15) is 0 Å². The van der Waals surface area contributed by atoms with Gasteiger partial charge in [-0.3, -0.25) is 4.79 Å². The first-order chi connectivity index (χ1) is 6.75. The molecule has 0 saturated heterocycles. The number of rotatable bonds is 5. The van der Waals surface area contributed by atoms with E-state index in [2.05, 4.69) is 12.2 Å². The van der Waals surface area contributed by atoms with Crippen LogP contribution in [0.25, 0.3) is 0 Å². The summed E-state index contributed by atoms with van der Waals surface area (Å²) in [6.07, 6.45) is 5.34. The van der Waals surface area contributed by atoms with Crippen LogP contribution in [-0.2, 0) is 4.79 Å². The van der Waals surface area contributed by atoms with E-state index in [0.717, 1.165) is 38.8 Å². The molecular weight excluding hydrogens is 178 g/mol. The molecule has 0 radical (unpaired) electrons. The van der Waals surface area contributed by atoms with Crippen molar-refractivity contribution in [3.63, 3.8) is 0 Å². The van der Waals surface area contributed by atoms with Gasteiger partial charge in [0.25, 0.3) is 0 Å². The number of carbonyl (C=O) groups is 1. The molecule has 0 aliphatic heterocycles. The Balaban J connectivity index is 2.34. The fourth-order valence-electron chi connectivity index (χ4n) is 2.24. The minimum atomic E-state index is -0.604. The summed E-state index contributed by atoms with van der Waals surface area (Å²) in [5.74, 6) is -0.353. The highest BCUT2D eigenvalue weighted by Gasteiger charge is 2.29. The van der Waals surface area contributed by atoms with E-state index < -0.39 is 5.97 Å². The van der Waals surface area contributed by atoms with Crippen LogP contribution < -0.4 is 5.32 Å². The van der Waals surface area contributed by atoms with Crippen molar-refractivity contribution in [2.24, 2.45) is 11.8 Å². The average molecular weight is 199 g/mol. The fraction of sp³-hybridized carbons (Fsp3) is 0.909. The molecule has 2 N–H and O–H groups in total. The monoisotopic (exact) mass is 199 g/mol. The van der Waals surface area contributed by atoms with E-state index in [4.69, 9.17) is 5.11 Å². The SMILES string of the molecule is CCCNCC1CCCCC1C(=O)O. The smallest absolute Gasteiger partial charge is 0.306 e. The molecule has 1 aliphatic carbocycles. The summed E-state index contributed by atoms with van der Waals surface area (Å²) >= 11 is 0. The van der Waals surface area contributed by atoms with Crippen molar-refractivity contribution in [3.8, 4) is 0 Å². The molecule has 2 unspecified atom stereocenters. The highest BCUT2D eigenvalue weighted by Crippen LogP contribution is 2.29. The standard InChI is InChI=1S/C11H21NO2/c1-2-7-12-8-9-5-3-4-6-10(9)11(13)14/h9-10,12H,2-8H2,1H3,(H,13,14). The molecule has 1 aliphatic rings. The summed E-state index contributed by atoms with van der Waals surface area (Å²) < 4.78 is 0. The molecule has 0 amide bonds.